The minimum Gasteiger partial charge on any atom is -0.312 e. The van der Waals surface area contributed by atoms with Crippen LogP contribution < -0.4 is 4.90 Å². The molecule has 27 heavy (non-hydrogen) atoms. The minimum atomic E-state index is -0.151. The van der Waals surface area contributed by atoms with Gasteiger partial charge in [-0.1, -0.05) is 66.2 Å². The molecule has 3 aromatic rings. The number of hydrogen-bond acceptors (Lipinski definition) is 1. The number of anilines is 1. The van der Waals surface area contributed by atoms with E-state index >= 15 is 0 Å². The van der Waals surface area contributed by atoms with Gasteiger partial charge in [-0.05, 0) is 60.2 Å². The summed E-state index contributed by atoms with van der Waals surface area (Å²) in [6.45, 7) is 2.86. The van der Waals surface area contributed by atoms with Gasteiger partial charge in [0.1, 0.15) is 0 Å². The summed E-state index contributed by atoms with van der Waals surface area (Å²) in [6, 6.07) is 26.1. The summed E-state index contributed by atoms with van der Waals surface area (Å²) in [5, 5.41) is 0.694. The SMILES string of the molecule is Cc1ccccc1C[C@@H]1CN(c2ccccc2)C(=O)[C@H]1c1ccc(Cl)cc1. The van der Waals surface area contributed by atoms with Crippen LogP contribution in [0.3, 0.4) is 0 Å². The van der Waals surface area contributed by atoms with Gasteiger partial charge < -0.3 is 4.90 Å². The van der Waals surface area contributed by atoms with Crippen LogP contribution in [0, 0.1) is 12.8 Å². The molecule has 1 fully saturated rings. The Morgan fingerprint density at radius 2 is 1.59 bits per heavy atom. The van der Waals surface area contributed by atoms with Crippen LogP contribution in [0.15, 0.2) is 78.9 Å². The lowest BCUT2D eigenvalue weighted by Gasteiger charge is -2.18. The Balaban J connectivity index is 1.70. The molecule has 0 spiro atoms. The van der Waals surface area contributed by atoms with Gasteiger partial charge >= 0.3 is 0 Å². The van der Waals surface area contributed by atoms with Crippen molar-refractivity contribution in [2.45, 2.75) is 19.3 Å². The monoisotopic (exact) mass is 375 g/mol. The summed E-state index contributed by atoms with van der Waals surface area (Å²) < 4.78 is 0. The van der Waals surface area contributed by atoms with Crippen LogP contribution in [0.2, 0.25) is 5.02 Å². The molecule has 1 heterocycles. The molecule has 0 bridgehead atoms. The molecular weight excluding hydrogens is 354 g/mol. The van der Waals surface area contributed by atoms with Gasteiger partial charge in [0.25, 0.3) is 0 Å². The summed E-state index contributed by atoms with van der Waals surface area (Å²) >= 11 is 6.07. The summed E-state index contributed by atoms with van der Waals surface area (Å²) in [5.74, 6) is 0.240. The smallest absolute Gasteiger partial charge is 0.234 e. The van der Waals surface area contributed by atoms with Crippen LogP contribution in [0.5, 0.6) is 0 Å². The summed E-state index contributed by atoms with van der Waals surface area (Å²) in [4.78, 5) is 15.3. The number of aryl methyl sites for hydroxylation is 1. The van der Waals surface area contributed by atoms with Crippen molar-refractivity contribution in [3.05, 3.63) is 101 Å². The molecule has 4 rings (SSSR count). The maximum Gasteiger partial charge on any atom is 0.234 e. The molecule has 1 saturated heterocycles. The Labute approximate surface area is 165 Å². The molecule has 136 valence electrons. The predicted molar refractivity (Wildman–Crippen MR) is 111 cm³/mol. The van der Waals surface area contributed by atoms with E-state index in [1.165, 1.54) is 11.1 Å². The molecule has 2 nitrogen and oxygen atoms in total. The van der Waals surface area contributed by atoms with Gasteiger partial charge in [0.05, 0.1) is 5.92 Å². The van der Waals surface area contributed by atoms with Crippen molar-refractivity contribution < 1.29 is 4.79 Å². The van der Waals surface area contributed by atoms with Crippen molar-refractivity contribution in [2.75, 3.05) is 11.4 Å². The zero-order valence-electron chi connectivity index (χ0n) is 15.3. The van der Waals surface area contributed by atoms with E-state index in [1.807, 2.05) is 59.5 Å². The minimum absolute atomic E-state index is 0.151. The number of para-hydroxylation sites is 1. The predicted octanol–water partition coefficient (Wildman–Crippen LogP) is 5.64. The molecule has 0 unspecified atom stereocenters. The van der Waals surface area contributed by atoms with Crippen molar-refractivity contribution in [3.8, 4) is 0 Å². The third kappa shape index (κ3) is 3.63. The summed E-state index contributed by atoms with van der Waals surface area (Å²) in [5.41, 5.74) is 4.59. The fraction of sp³-hybridized carbons (Fsp3) is 0.208. The number of amides is 1. The van der Waals surface area contributed by atoms with Crippen LogP contribution in [0.1, 0.15) is 22.6 Å². The quantitative estimate of drug-likeness (QED) is 0.578. The van der Waals surface area contributed by atoms with Gasteiger partial charge in [-0.25, -0.2) is 0 Å². The average Bonchev–Trinajstić information content (AvgIpc) is 3.01. The van der Waals surface area contributed by atoms with Crippen LogP contribution >= 0.6 is 11.6 Å². The van der Waals surface area contributed by atoms with Gasteiger partial charge in [0, 0.05) is 17.3 Å². The van der Waals surface area contributed by atoms with Crippen molar-refractivity contribution in [2.24, 2.45) is 5.92 Å². The zero-order valence-corrected chi connectivity index (χ0v) is 16.1. The molecule has 1 amide bonds. The largest absolute Gasteiger partial charge is 0.312 e. The van der Waals surface area contributed by atoms with Crippen LogP contribution in [-0.2, 0) is 11.2 Å². The van der Waals surface area contributed by atoms with Crippen LogP contribution in [-0.4, -0.2) is 12.5 Å². The van der Waals surface area contributed by atoms with Crippen molar-refractivity contribution in [3.63, 3.8) is 0 Å². The lowest BCUT2D eigenvalue weighted by molar-refractivity contribution is -0.118. The Hall–Kier alpha value is -2.58. The fourth-order valence-electron chi connectivity index (χ4n) is 4.03. The molecule has 0 aliphatic carbocycles. The van der Waals surface area contributed by atoms with Gasteiger partial charge in [-0.15, -0.1) is 0 Å². The van der Waals surface area contributed by atoms with Crippen molar-refractivity contribution >= 4 is 23.2 Å². The van der Waals surface area contributed by atoms with Crippen LogP contribution in [0.4, 0.5) is 5.69 Å². The molecule has 0 saturated carbocycles. The van der Waals surface area contributed by atoms with E-state index < -0.39 is 0 Å². The fourth-order valence-corrected chi connectivity index (χ4v) is 4.15. The van der Waals surface area contributed by atoms with E-state index in [2.05, 4.69) is 31.2 Å². The second kappa shape index (κ2) is 7.58. The summed E-state index contributed by atoms with van der Waals surface area (Å²) in [7, 11) is 0. The molecular formula is C24H22ClNO. The number of benzene rings is 3. The highest BCUT2D eigenvalue weighted by molar-refractivity contribution is 6.30. The lowest BCUT2D eigenvalue weighted by atomic mass is 9.83. The first-order chi connectivity index (χ1) is 13.1. The highest BCUT2D eigenvalue weighted by Gasteiger charge is 2.41. The first-order valence-corrected chi connectivity index (χ1v) is 9.67. The van der Waals surface area contributed by atoms with Gasteiger partial charge in [-0.3, -0.25) is 4.79 Å². The highest BCUT2D eigenvalue weighted by atomic mass is 35.5. The number of carbonyl (C=O) groups excluding carboxylic acids is 1. The van der Waals surface area contributed by atoms with Crippen LogP contribution in [0.25, 0.3) is 0 Å². The Bertz CT molecular complexity index is 936. The number of halogens is 1. The number of nitrogens with zero attached hydrogens (tertiary/aromatic N) is 1. The molecule has 1 aliphatic rings. The topological polar surface area (TPSA) is 20.3 Å². The first kappa shape index (κ1) is 17.8. The van der Waals surface area contributed by atoms with Gasteiger partial charge in [-0.2, -0.15) is 0 Å². The highest BCUT2D eigenvalue weighted by Crippen LogP contribution is 2.39. The molecule has 0 N–H and O–H groups in total. The van der Waals surface area contributed by atoms with E-state index in [9.17, 15) is 4.79 Å². The maximum absolute atomic E-state index is 13.4. The first-order valence-electron chi connectivity index (χ1n) is 9.30. The molecule has 3 aromatic carbocycles. The molecule has 2 atom stereocenters. The molecule has 0 aromatic heterocycles. The maximum atomic E-state index is 13.4. The van der Waals surface area contributed by atoms with Crippen molar-refractivity contribution in [1.82, 2.24) is 0 Å². The standard InChI is InChI=1S/C24H22ClNO/c1-17-7-5-6-8-19(17)15-20-16-26(22-9-3-2-4-10-22)24(27)23(20)18-11-13-21(25)14-12-18/h2-14,20,23H,15-16H2,1H3/t20-,23+/m1/s1. The lowest BCUT2D eigenvalue weighted by Crippen LogP contribution is -2.26. The molecule has 0 radical (unpaired) electrons. The van der Waals surface area contributed by atoms with E-state index in [4.69, 9.17) is 11.6 Å². The van der Waals surface area contributed by atoms with E-state index in [0.717, 1.165) is 24.2 Å². The number of hydrogen-bond donors (Lipinski definition) is 0. The average molecular weight is 376 g/mol. The van der Waals surface area contributed by atoms with E-state index in [0.29, 0.717) is 5.02 Å². The van der Waals surface area contributed by atoms with Gasteiger partial charge in [0.2, 0.25) is 5.91 Å². The van der Waals surface area contributed by atoms with Gasteiger partial charge in [0.15, 0.2) is 0 Å². The third-order valence-electron chi connectivity index (χ3n) is 5.46. The zero-order chi connectivity index (χ0) is 18.8. The number of carbonyl (C=O) groups is 1. The van der Waals surface area contributed by atoms with E-state index in [1.54, 1.807) is 0 Å². The second-order valence-corrected chi connectivity index (χ2v) is 7.64. The Morgan fingerprint density at radius 1 is 0.926 bits per heavy atom. The van der Waals surface area contributed by atoms with Crippen molar-refractivity contribution in [1.29, 1.82) is 0 Å². The Kier molecular flexibility index (Phi) is 5.00. The summed E-state index contributed by atoms with van der Waals surface area (Å²) in [6.07, 6.45) is 0.884. The number of rotatable bonds is 4. The normalized spacial score (nSPS) is 19.5. The second-order valence-electron chi connectivity index (χ2n) is 7.20. The molecule has 3 heteroatoms. The van der Waals surface area contributed by atoms with E-state index in [-0.39, 0.29) is 17.7 Å². The third-order valence-corrected chi connectivity index (χ3v) is 5.71. The molecule has 1 aliphatic heterocycles. The Morgan fingerprint density at radius 3 is 2.30 bits per heavy atom.